The molecule has 1 rings (SSSR count). The van der Waals surface area contributed by atoms with E-state index in [4.69, 9.17) is 4.74 Å². The van der Waals surface area contributed by atoms with E-state index in [1.165, 1.54) is 0 Å². The molecule has 0 aromatic rings. The highest BCUT2D eigenvalue weighted by molar-refractivity contribution is 5.80. The van der Waals surface area contributed by atoms with Crippen LogP contribution in [0.3, 0.4) is 0 Å². The summed E-state index contributed by atoms with van der Waals surface area (Å²) in [5.74, 6) is -0.103. The van der Waals surface area contributed by atoms with Crippen molar-refractivity contribution in [2.45, 2.75) is 34.1 Å². The Hall–Kier alpha value is -0.790. The van der Waals surface area contributed by atoms with Gasteiger partial charge in [0.25, 0.3) is 0 Å². The van der Waals surface area contributed by atoms with E-state index in [-0.39, 0.29) is 11.4 Å². The van der Waals surface area contributed by atoms with E-state index in [9.17, 15) is 4.79 Å². The molecule has 0 radical (unpaired) electrons. The largest absolute Gasteiger partial charge is 0.465 e. The van der Waals surface area contributed by atoms with Gasteiger partial charge < -0.3 is 4.74 Å². The van der Waals surface area contributed by atoms with Gasteiger partial charge in [-0.15, -0.1) is 0 Å². The van der Waals surface area contributed by atoms with Gasteiger partial charge in [-0.2, -0.15) is 0 Å². The van der Waals surface area contributed by atoms with Crippen molar-refractivity contribution in [1.29, 1.82) is 0 Å². The summed E-state index contributed by atoms with van der Waals surface area (Å²) < 4.78 is 5.07. The van der Waals surface area contributed by atoms with Crippen molar-refractivity contribution >= 4 is 5.97 Å². The summed E-state index contributed by atoms with van der Waals surface area (Å²) in [4.78, 5) is 11.7. The molecule has 1 aliphatic rings. The van der Waals surface area contributed by atoms with Crippen molar-refractivity contribution in [3.8, 4) is 0 Å². The monoisotopic (exact) mass is 182 g/mol. The highest BCUT2D eigenvalue weighted by atomic mass is 16.5. The Morgan fingerprint density at radius 3 is 2.46 bits per heavy atom. The molecule has 0 aliphatic heterocycles. The molecule has 0 bridgehead atoms. The third kappa shape index (κ3) is 1.50. The average molecular weight is 182 g/mol. The van der Waals surface area contributed by atoms with Gasteiger partial charge in [0.15, 0.2) is 0 Å². The Kier molecular flexibility index (Phi) is 2.51. The molecular weight excluding hydrogens is 164 g/mol. The van der Waals surface area contributed by atoms with E-state index in [2.05, 4.69) is 19.9 Å². The van der Waals surface area contributed by atoms with Crippen LogP contribution >= 0.6 is 0 Å². The van der Waals surface area contributed by atoms with Gasteiger partial charge in [0.05, 0.1) is 12.0 Å². The van der Waals surface area contributed by atoms with Crippen molar-refractivity contribution in [2.24, 2.45) is 10.8 Å². The molecule has 0 spiro atoms. The van der Waals surface area contributed by atoms with Crippen LogP contribution in [0.5, 0.6) is 0 Å². The summed E-state index contributed by atoms with van der Waals surface area (Å²) in [6, 6.07) is 0. The third-order valence-electron chi connectivity index (χ3n) is 3.18. The van der Waals surface area contributed by atoms with Crippen LogP contribution in [0.1, 0.15) is 34.1 Å². The number of hydrogen-bond acceptors (Lipinski definition) is 2. The van der Waals surface area contributed by atoms with Crippen molar-refractivity contribution in [3.05, 3.63) is 12.2 Å². The van der Waals surface area contributed by atoms with Crippen LogP contribution in [0.4, 0.5) is 0 Å². The number of carbonyl (C=O) groups excluding carboxylic acids is 1. The van der Waals surface area contributed by atoms with Gasteiger partial charge in [0.2, 0.25) is 0 Å². The first-order valence-corrected chi connectivity index (χ1v) is 4.79. The van der Waals surface area contributed by atoms with E-state index in [0.717, 1.165) is 6.42 Å². The summed E-state index contributed by atoms with van der Waals surface area (Å²) in [5.41, 5.74) is -0.456. The lowest BCUT2D eigenvalue weighted by Gasteiger charge is -2.35. The van der Waals surface area contributed by atoms with Crippen LogP contribution in [0.25, 0.3) is 0 Å². The quantitative estimate of drug-likeness (QED) is 0.484. The third-order valence-corrected chi connectivity index (χ3v) is 3.18. The Morgan fingerprint density at radius 1 is 1.46 bits per heavy atom. The number of hydrogen-bond donors (Lipinski definition) is 0. The minimum Gasteiger partial charge on any atom is -0.465 e. The molecule has 74 valence electrons. The SMILES string of the molecule is CCOC(=O)C1(C)C=CCC1(C)C. The van der Waals surface area contributed by atoms with Gasteiger partial charge in [-0.05, 0) is 25.7 Å². The summed E-state index contributed by atoms with van der Waals surface area (Å²) in [6.45, 7) is 8.45. The molecule has 1 aliphatic carbocycles. The second-order valence-corrected chi connectivity index (χ2v) is 4.41. The number of rotatable bonds is 2. The zero-order valence-corrected chi connectivity index (χ0v) is 8.89. The predicted octanol–water partition coefficient (Wildman–Crippen LogP) is 2.54. The number of ether oxygens (including phenoxy) is 1. The summed E-state index contributed by atoms with van der Waals surface area (Å²) >= 11 is 0. The molecule has 13 heavy (non-hydrogen) atoms. The Labute approximate surface area is 80.0 Å². The molecule has 2 nitrogen and oxygen atoms in total. The average Bonchev–Trinajstić information content (AvgIpc) is 2.28. The van der Waals surface area contributed by atoms with Crippen LogP contribution in [0, 0.1) is 10.8 Å². The topological polar surface area (TPSA) is 26.3 Å². The van der Waals surface area contributed by atoms with Gasteiger partial charge in [0.1, 0.15) is 0 Å². The number of esters is 1. The van der Waals surface area contributed by atoms with Crippen molar-refractivity contribution in [1.82, 2.24) is 0 Å². The number of allylic oxidation sites excluding steroid dienone is 1. The minimum atomic E-state index is -0.441. The second-order valence-electron chi connectivity index (χ2n) is 4.41. The predicted molar refractivity (Wildman–Crippen MR) is 52.3 cm³/mol. The van der Waals surface area contributed by atoms with Gasteiger partial charge in [0, 0.05) is 0 Å². The lowest BCUT2D eigenvalue weighted by atomic mass is 9.69. The van der Waals surface area contributed by atoms with Crippen LogP contribution in [0.2, 0.25) is 0 Å². The lowest BCUT2D eigenvalue weighted by molar-refractivity contribution is -0.156. The molecule has 0 saturated heterocycles. The molecule has 0 saturated carbocycles. The molecule has 0 fully saturated rings. The van der Waals surface area contributed by atoms with E-state index >= 15 is 0 Å². The Balaban J connectivity index is 2.86. The molecule has 0 aromatic carbocycles. The van der Waals surface area contributed by atoms with Crippen LogP contribution in [-0.4, -0.2) is 12.6 Å². The van der Waals surface area contributed by atoms with E-state index in [1.807, 2.05) is 19.9 Å². The molecule has 2 heteroatoms. The zero-order valence-electron chi connectivity index (χ0n) is 8.89. The minimum absolute atomic E-state index is 0.0146. The van der Waals surface area contributed by atoms with Crippen molar-refractivity contribution in [2.75, 3.05) is 6.61 Å². The van der Waals surface area contributed by atoms with Crippen molar-refractivity contribution < 1.29 is 9.53 Å². The smallest absolute Gasteiger partial charge is 0.316 e. The van der Waals surface area contributed by atoms with Gasteiger partial charge in [-0.3, -0.25) is 4.79 Å². The molecular formula is C11H18O2. The van der Waals surface area contributed by atoms with Crippen LogP contribution in [0.15, 0.2) is 12.2 Å². The lowest BCUT2D eigenvalue weighted by Crippen LogP contribution is -2.38. The summed E-state index contributed by atoms with van der Waals surface area (Å²) in [7, 11) is 0. The number of carbonyl (C=O) groups is 1. The van der Waals surface area contributed by atoms with E-state index in [0.29, 0.717) is 6.61 Å². The Morgan fingerprint density at radius 2 is 2.08 bits per heavy atom. The van der Waals surface area contributed by atoms with E-state index in [1.54, 1.807) is 0 Å². The molecule has 0 aromatic heterocycles. The fourth-order valence-corrected chi connectivity index (χ4v) is 1.65. The Bertz CT molecular complexity index is 240. The first-order valence-electron chi connectivity index (χ1n) is 4.79. The fourth-order valence-electron chi connectivity index (χ4n) is 1.65. The first kappa shape index (κ1) is 10.3. The summed E-state index contributed by atoms with van der Waals surface area (Å²) in [5, 5.41) is 0. The fraction of sp³-hybridized carbons (Fsp3) is 0.727. The van der Waals surface area contributed by atoms with E-state index < -0.39 is 5.41 Å². The maximum Gasteiger partial charge on any atom is 0.316 e. The maximum absolute atomic E-state index is 11.7. The standard InChI is InChI=1S/C11H18O2/c1-5-13-9(12)11(4)8-6-7-10(11,2)3/h6,8H,5,7H2,1-4H3. The first-order chi connectivity index (χ1) is 5.94. The normalized spacial score (nSPS) is 30.5. The van der Waals surface area contributed by atoms with Crippen molar-refractivity contribution in [3.63, 3.8) is 0 Å². The molecule has 1 unspecified atom stereocenters. The summed E-state index contributed by atoms with van der Waals surface area (Å²) in [6.07, 6.45) is 4.99. The molecule has 0 heterocycles. The zero-order chi connectivity index (χ0) is 10.1. The van der Waals surface area contributed by atoms with Gasteiger partial charge in [-0.1, -0.05) is 26.0 Å². The molecule has 0 N–H and O–H groups in total. The highest BCUT2D eigenvalue weighted by Gasteiger charge is 2.48. The maximum atomic E-state index is 11.7. The van der Waals surface area contributed by atoms with Crippen LogP contribution < -0.4 is 0 Å². The molecule has 0 amide bonds. The molecule has 1 atom stereocenters. The second kappa shape index (κ2) is 3.17. The highest BCUT2D eigenvalue weighted by Crippen LogP contribution is 2.48. The van der Waals surface area contributed by atoms with Crippen LogP contribution in [-0.2, 0) is 9.53 Å². The van der Waals surface area contributed by atoms with Gasteiger partial charge in [-0.25, -0.2) is 0 Å². The van der Waals surface area contributed by atoms with Gasteiger partial charge >= 0.3 is 5.97 Å².